The van der Waals surface area contributed by atoms with Crippen LogP contribution in [0.2, 0.25) is 0 Å². The number of rotatable bonds is 8. The number of nitrogen functional groups attached to an aromatic ring is 1. The van der Waals surface area contributed by atoms with Crippen LogP contribution in [-0.2, 0) is 0 Å². The van der Waals surface area contributed by atoms with Crippen LogP contribution in [0, 0.1) is 16.0 Å². The van der Waals surface area contributed by atoms with E-state index in [0.29, 0.717) is 23.6 Å². The van der Waals surface area contributed by atoms with Crippen LogP contribution < -0.4 is 16.2 Å². The number of hydrogen-bond donors (Lipinski definition) is 2. The van der Waals surface area contributed by atoms with Gasteiger partial charge in [0.2, 0.25) is 0 Å². The molecule has 1 aromatic heterocycles. The third-order valence-electron chi connectivity index (χ3n) is 3.39. The fraction of sp³-hybridized carbons (Fsp3) is 0.643. The van der Waals surface area contributed by atoms with Gasteiger partial charge in [0.25, 0.3) is 5.69 Å². The maximum Gasteiger partial charge on any atom is 0.276 e. The van der Waals surface area contributed by atoms with E-state index in [9.17, 15) is 10.1 Å². The lowest BCUT2D eigenvalue weighted by Gasteiger charge is -2.33. The fourth-order valence-corrected chi connectivity index (χ4v) is 2.38. The molecule has 0 atom stereocenters. The van der Waals surface area contributed by atoms with Gasteiger partial charge in [0, 0.05) is 12.6 Å². The molecule has 0 spiro atoms. The number of nitro groups is 1. The molecule has 0 fully saturated rings. The Morgan fingerprint density at radius 2 is 2.00 bits per heavy atom. The summed E-state index contributed by atoms with van der Waals surface area (Å²) in [5.41, 5.74) is 2.40. The highest BCUT2D eigenvalue weighted by atomic mass is 16.6. The number of anilines is 2. The van der Waals surface area contributed by atoms with Gasteiger partial charge in [0.05, 0.1) is 17.1 Å². The summed E-state index contributed by atoms with van der Waals surface area (Å²) in [6.07, 6.45) is 1.91. The predicted molar refractivity (Wildman–Crippen MR) is 85.3 cm³/mol. The average molecular weight is 295 g/mol. The Balaban J connectivity index is 3.27. The van der Waals surface area contributed by atoms with Crippen molar-refractivity contribution in [3.05, 3.63) is 22.2 Å². The number of hydrogen-bond acceptors (Lipinski definition) is 6. The maximum atomic E-state index is 11.1. The van der Waals surface area contributed by atoms with Gasteiger partial charge in [-0.25, -0.2) is 10.8 Å². The van der Waals surface area contributed by atoms with Gasteiger partial charge in [-0.3, -0.25) is 10.1 Å². The van der Waals surface area contributed by atoms with Crippen LogP contribution >= 0.6 is 0 Å². The highest BCUT2D eigenvalue weighted by Gasteiger charge is 2.21. The van der Waals surface area contributed by atoms with Crippen molar-refractivity contribution in [1.82, 2.24) is 4.98 Å². The van der Waals surface area contributed by atoms with Crippen LogP contribution in [0.3, 0.4) is 0 Å². The minimum atomic E-state index is -0.424. The van der Waals surface area contributed by atoms with Gasteiger partial charge < -0.3 is 10.3 Å². The highest BCUT2D eigenvalue weighted by Crippen LogP contribution is 2.26. The monoisotopic (exact) mass is 295 g/mol. The van der Waals surface area contributed by atoms with Gasteiger partial charge in [0.15, 0.2) is 0 Å². The minimum Gasteiger partial charge on any atom is -0.353 e. The number of pyridine rings is 1. The Bertz CT molecular complexity index is 474. The summed E-state index contributed by atoms with van der Waals surface area (Å²) in [5.74, 6) is 6.71. The van der Waals surface area contributed by atoms with Gasteiger partial charge in [-0.05, 0) is 18.8 Å². The predicted octanol–water partition coefficient (Wildman–Crippen LogP) is 2.93. The van der Waals surface area contributed by atoms with Gasteiger partial charge >= 0.3 is 0 Å². The molecule has 0 radical (unpaired) electrons. The molecule has 7 nitrogen and oxygen atoms in total. The van der Waals surface area contributed by atoms with Gasteiger partial charge in [-0.2, -0.15) is 0 Å². The van der Waals surface area contributed by atoms with Crippen molar-refractivity contribution in [1.29, 1.82) is 0 Å². The van der Waals surface area contributed by atoms with Crippen molar-refractivity contribution in [2.45, 2.75) is 46.6 Å². The first-order chi connectivity index (χ1) is 9.92. The third-order valence-corrected chi connectivity index (χ3v) is 3.39. The van der Waals surface area contributed by atoms with Gasteiger partial charge in [-0.15, -0.1) is 0 Å². The van der Waals surface area contributed by atoms with E-state index in [1.54, 1.807) is 0 Å². The molecular formula is C14H25N5O2. The molecule has 21 heavy (non-hydrogen) atoms. The normalized spacial score (nSPS) is 11.0. The SMILES string of the molecule is CCC(CC)N(CC(C)C)c1cc([N+](=O)[O-])cc(NN)n1. The van der Waals surface area contributed by atoms with Crippen LogP contribution in [0.5, 0.6) is 0 Å². The van der Waals surface area contributed by atoms with Crippen molar-refractivity contribution in [3.8, 4) is 0 Å². The Morgan fingerprint density at radius 1 is 1.38 bits per heavy atom. The molecule has 0 aliphatic carbocycles. The molecule has 118 valence electrons. The van der Waals surface area contributed by atoms with Crippen molar-refractivity contribution >= 4 is 17.3 Å². The summed E-state index contributed by atoms with van der Waals surface area (Å²) in [7, 11) is 0. The van der Waals surface area contributed by atoms with Crippen LogP contribution in [-0.4, -0.2) is 22.5 Å². The van der Waals surface area contributed by atoms with E-state index in [1.807, 2.05) is 0 Å². The lowest BCUT2D eigenvalue weighted by Crippen LogP contribution is -2.38. The van der Waals surface area contributed by atoms with Crippen LogP contribution in [0.4, 0.5) is 17.3 Å². The molecular weight excluding hydrogens is 270 g/mol. The second-order valence-corrected chi connectivity index (χ2v) is 5.49. The smallest absolute Gasteiger partial charge is 0.276 e. The van der Waals surface area contributed by atoms with Crippen molar-refractivity contribution in [2.24, 2.45) is 11.8 Å². The van der Waals surface area contributed by atoms with Crippen molar-refractivity contribution in [3.63, 3.8) is 0 Å². The Labute approximate surface area is 125 Å². The quantitative estimate of drug-likeness (QED) is 0.435. The summed E-state index contributed by atoms with van der Waals surface area (Å²) in [6, 6.07) is 3.15. The molecule has 0 bridgehead atoms. The number of aromatic nitrogens is 1. The van der Waals surface area contributed by atoms with E-state index in [1.165, 1.54) is 12.1 Å². The molecule has 0 unspecified atom stereocenters. The van der Waals surface area contributed by atoms with E-state index in [0.717, 1.165) is 19.4 Å². The maximum absolute atomic E-state index is 11.1. The van der Waals surface area contributed by atoms with E-state index >= 15 is 0 Å². The molecule has 0 aliphatic heterocycles. The summed E-state index contributed by atoms with van der Waals surface area (Å²) < 4.78 is 0. The van der Waals surface area contributed by atoms with Crippen LogP contribution in [0.1, 0.15) is 40.5 Å². The average Bonchev–Trinajstić information content (AvgIpc) is 2.46. The van der Waals surface area contributed by atoms with E-state index in [4.69, 9.17) is 5.84 Å². The van der Waals surface area contributed by atoms with E-state index in [-0.39, 0.29) is 5.69 Å². The molecule has 1 rings (SSSR count). The number of nitrogens with one attached hydrogen (secondary N) is 1. The topological polar surface area (TPSA) is 97.3 Å². The molecule has 0 aliphatic rings. The Hall–Kier alpha value is -1.89. The molecule has 3 N–H and O–H groups in total. The first kappa shape index (κ1) is 17.2. The van der Waals surface area contributed by atoms with Gasteiger partial charge in [-0.1, -0.05) is 27.7 Å². The van der Waals surface area contributed by atoms with Crippen LogP contribution in [0.25, 0.3) is 0 Å². The second-order valence-electron chi connectivity index (χ2n) is 5.49. The van der Waals surface area contributed by atoms with Crippen LogP contribution in [0.15, 0.2) is 12.1 Å². The largest absolute Gasteiger partial charge is 0.353 e. The summed E-state index contributed by atoms with van der Waals surface area (Å²) >= 11 is 0. The lowest BCUT2D eigenvalue weighted by atomic mass is 10.1. The Kier molecular flexibility index (Phi) is 6.36. The minimum absolute atomic E-state index is 0.00679. The Morgan fingerprint density at radius 3 is 2.43 bits per heavy atom. The first-order valence-corrected chi connectivity index (χ1v) is 7.32. The zero-order chi connectivity index (χ0) is 16.0. The van der Waals surface area contributed by atoms with Crippen molar-refractivity contribution in [2.75, 3.05) is 16.9 Å². The van der Waals surface area contributed by atoms with Crippen molar-refractivity contribution < 1.29 is 4.92 Å². The second kappa shape index (κ2) is 7.78. The van der Waals surface area contributed by atoms with E-state index < -0.39 is 4.92 Å². The zero-order valence-electron chi connectivity index (χ0n) is 13.2. The highest BCUT2D eigenvalue weighted by molar-refractivity contribution is 5.56. The standard InChI is InChI=1S/C14H25N5O2/c1-5-11(6-2)18(9-10(3)4)14-8-12(19(20)21)7-13(16-14)17-15/h7-8,10-11H,5-6,9,15H2,1-4H3,(H,16,17). The van der Waals surface area contributed by atoms with Gasteiger partial charge in [0.1, 0.15) is 11.6 Å². The third kappa shape index (κ3) is 4.56. The zero-order valence-corrected chi connectivity index (χ0v) is 13.2. The lowest BCUT2D eigenvalue weighted by molar-refractivity contribution is -0.384. The summed E-state index contributed by atoms with van der Waals surface area (Å²) in [4.78, 5) is 17.2. The molecule has 7 heteroatoms. The molecule has 0 aromatic carbocycles. The summed E-state index contributed by atoms with van der Waals surface area (Å²) in [5, 5.41) is 11.1. The molecule has 1 aromatic rings. The molecule has 0 saturated carbocycles. The molecule has 0 amide bonds. The first-order valence-electron chi connectivity index (χ1n) is 7.32. The number of hydrazine groups is 1. The molecule has 1 heterocycles. The number of nitrogens with two attached hydrogens (primary N) is 1. The molecule has 0 saturated heterocycles. The number of nitrogens with zero attached hydrogens (tertiary/aromatic N) is 3. The van der Waals surface area contributed by atoms with E-state index in [2.05, 4.69) is 43.0 Å². The fourth-order valence-electron chi connectivity index (χ4n) is 2.38. The summed E-state index contributed by atoms with van der Waals surface area (Å²) in [6.45, 7) is 9.26.